The minimum Gasteiger partial charge on any atom is -0.396 e. The molecule has 0 spiro atoms. The molecule has 0 heterocycles. The second-order valence-corrected chi connectivity index (χ2v) is 6.34. The molecular formula is C15H27NO3. The third-order valence-electron chi connectivity index (χ3n) is 4.78. The van der Waals surface area contributed by atoms with Crippen molar-refractivity contribution in [1.29, 1.82) is 0 Å². The minimum atomic E-state index is -0.750. The monoisotopic (exact) mass is 269 g/mol. The Morgan fingerprint density at radius 1 is 1.21 bits per heavy atom. The number of hydrogen-bond donors (Lipinski definition) is 3. The average Bonchev–Trinajstić information content (AvgIpc) is 2.37. The van der Waals surface area contributed by atoms with E-state index < -0.39 is 5.60 Å². The number of amides is 1. The second-order valence-electron chi connectivity index (χ2n) is 6.34. The molecule has 0 aromatic carbocycles. The number of rotatable bonds is 6. The number of aliphatic hydroxyl groups excluding tert-OH is 1. The van der Waals surface area contributed by atoms with Gasteiger partial charge < -0.3 is 15.5 Å². The first-order valence-electron chi connectivity index (χ1n) is 7.75. The Hall–Kier alpha value is -0.610. The summed E-state index contributed by atoms with van der Waals surface area (Å²) in [4.78, 5) is 12.0. The highest BCUT2D eigenvalue weighted by Crippen LogP contribution is 2.34. The van der Waals surface area contributed by atoms with E-state index in [2.05, 4.69) is 5.32 Å². The van der Waals surface area contributed by atoms with Crippen molar-refractivity contribution in [1.82, 2.24) is 5.32 Å². The van der Waals surface area contributed by atoms with Crippen molar-refractivity contribution in [2.24, 2.45) is 5.92 Å². The molecule has 0 aliphatic heterocycles. The lowest BCUT2D eigenvalue weighted by molar-refractivity contribution is -0.131. The lowest BCUT2D eigenvalue weighted by atomic mass is 9.77. The molecule has 1 amide bonds. The number of hydrogen-bond acceptors (Lipinski definition) is 3. The molecule has 3 N–H and O–H groups in total. The van der Waals surface area contributed by atoms with E-state index in [-0.39, 0.29) is 25.0 Å². The maximum absolute atomic E-state index is 12.0. The molecule has 0 saturated heterocycles. The summed E-state index contributed by atoms with van der Waals surface area (Å²) in [6.45, 7) is 0.117. The first-order chi connectivity index (χ1) is 9.13. The van der Waals surface area contributed by atoms with E-state index in [9.17, 15) is 9.90 Å². The summed E-state index contributed by atoms with van der Waals surface area (Å²) in [6.07, 6.45) is 9.41. The standard InChI is InChI=1S/C15H27NO3/c17-10-7-13(12-5-2-1-3-6-12)16-14(18)11-15(19)8-4-9-15/h12-13,17,19H,1-11H2,(H,16,18). The highest BCUT2D eigenvalue weighted by Gasteiger charge is 2.37. The van der Waals surface area contributed by atoms with E-state index >= 15 is 0 Å². The highest BCUT2D eigenvalue weighted by molar-refractivity contribution is 5.77. The van der Waals surface area contributed by atoms with Gasteiger partial charge in [0.15, 0.2) is 0 Å². The van der Waals surface area contributed by atoms with Crippen LogP contribution >= 0.6 is 0 Å². The SMILES string of the molecule is O=C(CC1(O)CCC1)NC(CCO)C1CCCCC1. The molecule has 0 radical (unpaired) electrons. The van der Waals surface area contributed by atoms with Gasteiger partial charge in [-0.25, -0.2) is 0 Å². The smallest absolute Gasteiger partial charge is 0.223 e. The van der Waals surface area contributed by atoms with E-state index in [0.29, 0.717) is 12.3 Å². The molecule has 4 nitrogen and oxygen atoms in total. The zero-order valence-corrected chi connectivity index (χ0v) is 11.7. The van der Waals surface area contributed by atoms with E-state index in [4.69, 9.17) is 5.11 Å². The van der Waals surface area contributed by atoms with Gasteiger partial charge in [0.25, 0.3) is 0 Å². The van der Waals surface area contributed by atoms with E-state index in [1.54, 1.807) is 0 Å². The van der Waals surface area contributed by atoms with Crippen LogP contribution in [-0.4, -0.2) is 34.4 Å². The molecule has 0 aromatic rings. The molecule has 2 saturated carbocycles. The average molecular weight is 269 g/mol. The van der Waals surface area contributed by atoms with Crippen LogP contribution in [0.5, 0.6) is 0 Å². The molecule has 4 heteroatoms. The molecule has 2 aliphatic rings. The summed E-state index contributed by atoms with van der Waals surface area (Å²) in [5.74, 6) is 0.451. The lowest BCUT2D eigenvalue weighted by Gasteiger charge is -2.37. The van der Waals surface area contributed by atoms with Crippen molar-refractivity contribution < 1.29 is 15.0 Å². The molecule has 1 unspecified atom stereocenters. The van der Waals surface area contributed by atoms with Crippen molar-refractivity contribution in [3.63, 3.8) is 0 Å². The topological polar surface area (TPSA) is 69.6 Å². The molecule has 0 aromatic heterocycles. The highest BCUT2D eigenvalue weighted by atomic mass is 16.3. The Balaban J connectivity index is 1.82. The van der Waals surface area contributed by atoms with Gasteiger partial charge in [0.1, 0.15) is 0 Å². The Kier molecular flexibility index (Phi) is 5.22. The largest absolute Gasteiger partial charge is 0.396 e. The zero-order valence-electron chi connectivity index (χ0n) is 11.7. The first kappa shape index (κ1) is 14.8. The molecule has 2 aliphatic carbocycles. The lowest BCUT2D eigenvalue weighted by Crippen LogP contribution is -2.47. The number of carbonyl (C=O) groups excluding carboxylic acids is 1. The third kappa shape index (κ3) is 4.18. The van der Waals surface area contributed by atoms with Crippen LogP contribution in [0.2, 0.25) is 0 Å². The molecule has 110 valence electrons. The fourth-order valence-electron chi connectivity index (χ4n) is 3.42. The van der Waals surface area contributed by atoms with Crippen molar-refractivity contribution in [2.45, 2.75) is 75.9 Å². The Bertz CT molecular complexity index is 296. The summed E-state index contributed by atoms with van der Waals surface area (Å²) in [5.41, 5.74) is -0.750. The van der Waals surface area contributed by atoms with Crippen LogP contribution in [0, 0.1) is 5.92 Å². The number of aliphatic hydroxyl groups is 2. The van der Waals surface area contributed by atoms with Crippen LogP contribution in [0.3, 0.4) is 0 Å². The predicted octanol–water partition coefficient (Wildman–Crippen LogP) is 1.74. The summed E-state index contributed by atoms with van der Waals surface area (Å²) >= 11 is 0. The van der Waals surface area contributed by atoms with Crippen molar-refractivity contribution >= 4 is 5.91 Å². The Morgan fingerprint density at radius 3 is 2.42 bits per heavy atom. The summed E-state index contributed by atoms with van der Waals surface area (Å²) in [7, 11) is 0. The van der Waals surface area contributed by atoms with Gasteiger partial charge in [0.05, 0.1) is 12.0 Å². The van der Waals surface area contributed by atoms with Crippen molar-refractivity contribution in [3.8, 4) is 0 Å². The predicted molar refractivity (Wildman–Crippen MR) is 73.6 cm³/mol. The van der Waals surface area contributed by atoms with Gasteiger partial charge in [-0.2, -0.15) is 0 Å². The van der Waals surface area contributed by atoms with Gasteiger partial charge in [0.2, 0.25) is 5.91 Å². The third-order valence-corrected chi connectivity index (χ3v) is 4.78. The van der Waals surface area contributed by atoms with Crippen LogP contribution in [0.4, 0.5) is 0 Å². The fraction of sp³-hybridized carbons (Fsp3) is 0.933. The normalized spacial score (nSPS) is 24.5. The first-order valence-corrected chi connectivity index (χ1v) is 7.75. The number of nitrogens with one attached hydrogen (secondary N) is 1. The van der Waals surface area contributed by atoms with E-state index in [1.807, 2.05) is 0 Å². The maximum Gasteiger partial charge on any atom is 0.223 e. The summed E-state index contributed by atoms with van der Waals surface area (Å²) in [5, 5.41) is 22.2. The van der Waals surface area contributed by atoms with Gasteiger partial charge in [-0.3, -0.25) is 4.79 Å². The van der Waals surface area contributed by atoms with Gasteiger partial charge in [-0.15, -0.1) is 0 Å². The number of carbonyl (C=O) groups is 1. The van der Waals surface area contributed by atoms with Gasteiger partial charge in [-0.05, 0) is 44.4 Å². The zero-order chi connectivity index (χ0) is 13.7. The molecular weight excluding hydrogens is 242 g/mol. The molecule has 2 rings (SSSR count). The summed E-state index contributed by atoms with van der Waals surface area (Å²) in [6, 6.07) is 0.0847. The minimum absolute atomic E-state index is 0.0498. The van der Waals surface area contributed by atoms with Crippen molar-refractivity contribution in [2.75, 3.05) is 6.61 Å². The Labute approximate surface area is 115 Å². The van der Waals surface area contributed by atoms with Crippen LogP contribution < -0.4 is 5.32 Å². The molecule has 19 heavy (non-hydrogen) atoms. The van der Waals surface area contributed by atoms with Gasteiger partial charge in [-0.1, -0.05) is 19.3 Å². The Morgan fingerprint density at radius 2 is 1.89 bits per heavy atom. The van der Waals surface area contributed by atoms with Crippen LogP contribution in [0.15, 0.2) is 0 Å². The molecule has 1 atom stereocenters. The second kappa shape index (κ2) is 6.71. The maximum atomic E-state index is 12.0. The van der Waals surface area contributed by atoms with Crippen LogP contribution in [-0.2, 0) is 4.79 Å². The summed E-state index contributed by atoms with van der Waals surface area (Å²) < 4.78 is 0. The van der Waals surface area contributed by atoms with Gasteiger partial charge in [0, 0.05) is 12.6 Å². The quantitative estimate of drug-likeness (QED) is 0.688. The van der Waals surface area contributed by atoms with Crippen molar-refractivity contribution in [3.05, 3.63) is 0 Å². The van der Waals surface area contributed by atoms with Crippen LogP contribution in [0.1, 0.15) is 64.2 Å². The van der Waals surface area contributed by atoms with Crippen LogP contribution in [0.25, 0.3) is 0 Å². The molecule has 0 bridgehead atoms. The van der Waals surface area contributed by atoms with E-state index in [0.717, 1.165) is 32.1 Å². The van der Waals surface area contributed by atoms with E-state index in [1.165, 1.54) is 19.3 Å². The fourth-order valence-corrected chi connectivity index (χ4v) is 3.42. The van der Waals surface area contributed by atoms with Gasteiger partial charge >= 0.3 is 0 Å². The molecule has 2 fully saturated rings.